The van der Waals surface area contributed by atoms with Gasteiger partial charge in [0.15, 0.2) is 0 Å². The number of carbonyl (C=O) groups excluding carboxylic acids is 1. The van der Waals surface area contributed by atoms with Gasteiger partial charge in [0.1, 0.15) is 12.4 Å². The minimum Gasteiger partial charge on any atom is -0.491 e. The summed E-state index contributed by atoms with van der Waals surface area (Å²) in [5, 5.41) is 6.09. The molecular weight excluding hydrogens is 308 g/mol. The predicted octanol–water partition coefficient (Wildman–Crippen LogP) is 2.83. The second-order valence-corrected chi connectivity index (χ2v) is 6.47. The molecule has 3 rings (SSSR count). The third-order valence-corrected chi connectivity index (χ3v) is 4.69. The normalized spacial score (nSPS) is 15.6. The minimum absolute atomic E-state index is 0.00357. The van der Waals surface area contributed by atoms with E-state index in [0.717, 1.165) is 14.8 Å². The first-order valence-electron chi connectivity index (χ1n) is 6.66. The van der Waals surface area contributed by atoms with Crippen molar-refractivity contribution in [2.75, 3.05) is 20.2 Å². The van der Waals surface area contributed by atoms with Crippen molar-refractivity contribution >= 4 is 28.8 Å². The first-order chi connectivity index (χ1) is 10.2. The molecule has 21 heavy (non-hydrogen) atoms. The van der Waals surface area contributed by atoms with Crippen LogP contribution >= 0.6 is 22.9 Å². The highest BCUT2D eigenvalue weighted by atomic mass is 35.5. The number of fused-ring (bicyclic) bond motifs is 1. The molecule has 0 saturated heterocycles. The number of benzene rings is 1. The summed E-state index contributed by atoms with van der Waals surface area (Å²) < 4.78 is 6.33. The molecule has 1 aliphatic heterocycles. The molecule has 2 heterocycles. The summed E-state index contributed by atoms with van der Waals surface area (Å²) in [6.45, 7) is 1.02. The quantitative estimate of drug-likeness (QED) is 0.913. The maximum atomic E-state index is 12.1. The minimum atomic E-state index is -0.0941. The van der Waals surface area contributed by atoms with Gasteiger partial charge in [-0.05, 0) is 36.9 Å². The van der Waals surface area contributed by atoms with Gasteiger partial charge in [-0.15, -0.1) is 11.3 Å². The van der Waals surface area contributed by atoms with Crippen LogP contribution in [0.5, 0.6) is 5.75 Å². The van der Waals surface area contributed by atoms with Crippen molar-refractivity contribution in [1.29, 1.82) is 0 Å². The molecule has 1 aromatic heterocycles. The summed E-state index contributed by atoms with van der Waals surface area (Å²) in [7, 11) is 1.89. The summed E-state index contributed by atoms with van der Waals surface area (Å²) in [4.78, 5) is 13.2. The van der Waals surface area contributed by atoms with Gasteiger partial charge in [0.2, 0.25) is 0 Å². The van der Waals surface area contributed by atoms with Gasteiger partial charge in [-0.25, -0.2) is 0 Å². The van der Waals surface area contributed by atoms with Crippen molar-refractivity contribution in [3.05, 3.63) is 50.7 Å². The molecule has 1 aliphatic rings. The lowest BCUT2D eigenvalue weighted by atomic mass is 10.0. The Balaban J connectivity index is 2.00. The van der Waals surface area contributed by atoms with Crippen LogP contribution in [0.1, 0.15) is 26.8 Å². The topological polar surface area (TPSA) is 50.4 Å². The molecule has 4 nitrogen and oxygen atoms in total. The summed E-state index contributed by atoms with van der Waals surface area (Å²) in [6.07, 6.45) is 0. The number of hydrogen-bond donors (Lipinski definition) is 2. The zero-order valence-electron chi connectivity index (χ0n) is 11.5. The Morgan fingerprint density at radius 2 is 2.24 bits per heavy atom. The number of rotatable bonds is 3. The fourth-order valence-corrected chi connectivity index (χ4v) is 3.61. The number of halogens is 1. The lowest BCUT2D eigenvalue weighted by molar-refractivity contribution is 0.0957. The van der Waals surface area contributed by atoms with Crippen LogP contribution in [0.2, 0.25) is 4.34 Å². The third kappa shape index (κ3) is 2.90. The van der Waals surface area contributed by atoms with Gasteiger partial charge in [0.05, 0.1) is 22.5 Å². The number of thiophene rings is 1. The highest BCUT2D eigenvalue weighted by Gasteiger charge is 2.20. The Bertz CT molecular complexity index is 671. The zero-order valence-corrected chi connectivity index (χ0v) is 13.1. The van der Waals surface area contributed by atoms with E-state index in [4.69, 9.17) is 16.3 Å². The molecule has 0 fully saturated rings. The molecule has 0 spiro atoms. The predicted molar refractivity (Wildman–Crippen MR) is 84.5 cm³/mol. The lowest BCUT2D eigenvalue weighted by Gasteiger charge is -2.16. The molecule has 2 aromatic rings. The van der Waals surface area contributed by atoms with E-state index in [0.29, 0.717) is 24.5 Å². The van der Waals surface area contributed by atoms with E-state index in [1.807, 2.05) is 37.4 Å². The molecule has 0 saturated carbocycles. The van der Waals surface area contributed by atoms with Gasteiger partial charge in [0.25, 0.3) is 5.91 Å². The molecular formula is C15H15ClN2O2S. The standard InChI is InChI=1S/C15H15ClN2O2S/c1-17-14(12-4-5-13(16)21-12)9-2-3-11-10(8-9)15(19)18-6-7-20-11/h2-5,8,14,17H,6-7H2,1H3,(H,18,19). The Labute approximate surface area is 132 Å². The zero-order chi connectivity index (χ0) is 14.8. The van der Waals surface area contributed by atoms with E-state index in [1.165, 1.54) is 11.3 Å². The maximum absolute atomic E-state index is 12.1. The molecule has 6 heteroatoms. The summed E-state index contributed by atoms with van der Waals surface area (Å²) >= 11 is 7.54. The lowest BCUT2D eigenvalue weighted by Crippen LogP contribution is -2.24. The molecule has 1 aromatic carbocycles. The van der Waals surface area contributed by atoms with Crippen LogP contribution in [0.25, 0.3) is 0 Å². The summed E-state index contributed by atoms with van der Waals surface area (Å²) in [5.41, 5.74) is 1.59. The largest absolute Gasteiger partial charge is 0.491 e. The van der Waals surface area contributed by atoms with Gasteiger partial charge in [-0.2, -0.15) is 0 Å². The number of carbonyl (C=O) groups is 1. The number of nitrogens with one attached hydrogen (secondary N) is 2. The molecule has 1 atom stereocenters. The highest BCUT2D eigenvalue weighted by Crippen LogP contribution is 2.33. The van der Waals surface area contributed by atoms with Crippen molar-refractivity contribution in [3.8, 4) is 5.75 Å². The third-order valence-electron chi connectivity index (χ3n) is 3.39. The van der Waals surface area contributed by atoms with E-state index in [-0.39, 0.29) is 11.9 Å². The summed E-state index contributed by atoms with van der Waals surface area (Å²) in [5.74, 6) is 0.538. The fourth-order valence-electron chi connectivity index (χ4n) is 2.41. The van der Waals surface area contributed by atoms with Crippen LogP contribution in [0, 0.1) is 0 Å². The highest BCUT2D eigenvalue weighted by molar-refractivity contribution is 7.16. The van der Waals surface area contributed by atoms with E-state index in [1.54, 1.807) is 0 Å². The second kappa shape index (κ2) is 6.05. The van der Waals surface area contributed by atoms with Crippen LogP contribution in [-0.2, 0) is 0 Å². The second-order valence-electron chi connectivity index (χ2n) is 4.72. The van der Waals surface area contributed by atoms with Crippen LogP contribution < -0.4 is 15.4 Å². The number of amides is 1. The first kappa shape index (κ1) is 14.4. The van der Waals surface area contributed by atoms with Crippen LogP contribution in [0.3, 0.4) is 0 Å². The first-order valence-corrected chi connectivity index (χ1v) is 7.86. The van der Waals surface area contributed by atoms with Gasteiger partial charge < -0.3 is 15.4 Å². The molecule has 2 N–H and O–H groups in total. The van der Waals surface area contributed by atoms with E-state index >= 15 is 0 Å². The van der Waals surface area contributed by atoms with Gasteiger partial charge in [0, 0.05) is 4.88 Å². The average Bonchev–Trinajstić information content (AvgIpc) is 2.82. The van der Waals surface area contributed by atoms with Crippen LogP contribution in [0.4, 0.5) is 0 Å². The van der Waals surface area contributed by atoms with Crippen molar-refractivity contribution < 1.29 is 9.53 Å². The van der Waals surface area contributed by atoms with Gasteiger partial charge in [-0.1, -0.05) is 17.7 Å². The Kier molecular flexibility index (Phi) is 4.14. The fraction of sp³-hybridized carbons (Fsp3) is 0.267. The van der Waals surface area contributed by atoms with Crippen molar-refractivity contribution in [2.45, 2.75) is 6.04 Å². The molecule has 1 unspecified atom stereocenters. The van der Waals surface area contributed by atoms with Gasteiger partial charge in [-0.3, -0.25) is 4.79 Å². The van der Waals surface area contributed by atoms with E-state index < -0.39 is 0 Å². The number of hydrogen-bond acceptors (Lipinski definition) is 4. The Morgan fingerprint density at radius 1 is 1.38 bits per heavy atom. The molecule has 0 aliphatic carbocycles. The monoisotopic (exact) mass is 322 g/mol. The average molecular weight is 323 g/mol. The molecule has 0 bridgehead atoms. The van der Waals surface area contributed by atoms with E-state index in [9.17, 15) is 4.79 Å². The van der Waals surface area contributed by atoms with Crippen molar-refractivity contribution in [1.82, 2.24) is 10.6 Å². The molecule has 110 valence electrons. The van der Waals surface area contributed by atoms with Gasteiger partial charge >= 0.3 is 0 Å². The molecule has 0 radical (unpaired) electrons. The number of ether oxygens (including phenoxy) is 1. The molecule has 1 amide bonds. The Morgan fingerprint density at radius 3 is 2.95 bits per heavy atom. The van der Waals surface area contributed by atoms with Crippen LogP contribution in [-0.4, -0.2) is 26.1 Å². The van der Waals surface area contributed by atoms with Crippen molar-refractivity contribution in [3.63, 3.8) is 0 Å². The smallest absolute Gasteiger partial charge is 0.255 e. The van der Waals surface area contributed by atoms with Crippen molar-refractivity contribution in [2.24, 2.45) is 0 Å². The maximum Gasteiger partial charge on any atom is 0.255 e. The Hall–Kier alpha value is -1.56. The van der Waals surface area contributed by atoms with Crippen LogP contribution in [0.15, 0.2) is 30.3 Å². The summed E-state index contributed by atoms with van der Waals surface area (Å²) in [6, 6.07) is 9.59. The van der Waals surface area contributed by atoms with E-state index in [2.05, 4.69) is 10.6 Å². The SMILES string of the molecule is CNC(c1ccc2c(c1)C(=O)NCCO2)c1ccc(Cl)s1.